The maximum Gasteiger partial charge on any atom is 0.374 e. The van der Waals surface area contributed by atoms with Crippen molar-refractivity contribution in [1.29, 1.82) is 0 Å². The normalized spacial score (nSPS) is 11.7. The molecule has 1 heterocycles. The molecule has 0 aliphatic heterocycles. The maximum absolute atomic E-state index is 13.1. The summed E-state index contributed by atoms with van der Waals surface area (Å²) in [5.41, 5.74) is 1.82. The lowest BCUT2D eigenvalue weighted by Gasteiger charge is -2.11. The third kappa shape index (κ3) is 2.45. The Morgan fingerprint density at radius 1 is 1.33 bits per heavy atom. The van der Waals surface area contributed by atoms with Crippen molar-refractivity contribution in [2.45, 2.75) is 19.3 Å². The fraction of sp³-hybridized carbons (Fsp3) is 0.231. The first-order valence-electron chi connectivity index (χ1n) is 5.36. The first-order chi connectivity index (χ1) is 8.38. The summed E-state index contributed by atoms with van der Waals surface area (Å²) in [5, 5.41) is 9.11. The molecule has 2 rings (SSSR count). The van der Waals surface area contributed by atoms with Gasteiger partial charge in [0.1, 0.15) is 0 Å². The highest BCUT2D eigenvalue weighted by Gasteiger charge is 2.38. The van der Waals surface area contributed by atoms with Crippen LogP contribution in [0.5, 0.6) is 0 Å². The van der Waals surface area contributed by atoms with Crippen LogP contribution in [-0.2, 0) is 11.2 Å². The summed E-state index contributed by atoms with van der Waals surface area (Å²) in [6, 6.07) is 8.20. The summed E-state index contributed by atoms with van der Waals surface area (Å²) in [6.45, 7) is 1.84. The predicted molar refractivity (Wildman–Crippen MR) is 62.8 cm³/mol. The van der Waals surface area contributed by atoms with Crippen molar-refractivity contribution in [3.05, 3.63) is 41.6 Å². The van der Waals surface area contributed by atoms with Crippen molar-refractivity contribution in [2.75, 3.05) is 0 Å². The molecule has 0 saturated heterocycles. The second-order valence-electron chi connectivity index (χ2n) is 4.17. The molecule has 18 heavy (non-hydrogen) atoms. The number of carboxylic acids is 1. The Hall–Kier alpha value is -2.04. The number of pyridine rings is 1. The molecule has 0 saturated carbocycles. The topological polar surface area (TPSA) is 50.2 Å². The quantitative estimate of drug-likeness (QED) is 0.912. The summed E-state index contributed by atoms with van der Waals surface area (Å²) < 4.78 is 26.2. The molecule has 1 N–H and O–H groups in total. The van der Waals surface area contributed by atoms with Gasteiger partial charge in [-0.15, -0.1) is 0 Å². The number of nitrogens with zero attached hydrogens (tertiary/aromatic N) is 1. The summed E-state index contributed by atoms with van der Waals surface area (Å²) in [5.74, 6) is -5.85. The Morgan fingerprint density at radius 3 is 2.72 bits per heavy atom. The largest absolute Gasteiger partial charge is 0.477 e. The zero-order chi connectivity index (χ0) is 13.3. The molecule has 1 aromatic carbocycles. The van der Waals surface area contributed by atoms with Gasteiger partial charge in [0.15, 0.2) is 0 Å². The molecule has 1 aromatic heterocycles. The van der Waals surface area contributed by atoms with Gasteiger partial charge in [-0.3, -0.25) is 4.98 Å². The Morgan fingerprint density at radius 2 is 2.06 bits per heavy atom. The lowest BCUT2D eigenvalue weighted by Crippen LogP contribution is -2.30. The number of carbonyl (C=O) groups is 1. The molecule has 0 radical (unpaired) electrons. The molecule has 0 aliphatic carbocycles. The highest BCUT2D eigenvalue weighted by atomic mass is 19.3. The summed E-state index contributed by atoms with van der Waals surface area (Å²) in [4.78, 5) is 14.6. The Bertz CT molecular complexity index is 611. The Labute approximate surface area is 102 Å². The van der Waals surface area contributed by atoms with Gasteiger partial charge in [0.05, 0.1) is 5.52 Å². The van der Waals surface area contributed by atoms with Gasteiger partial charge < -0.3 is 5.11 Å². The van der Waals surface area contributed by atoms with Crippen LogP contribution in [0.3, 0.4) is 0 Å². The van der Waals surface area contributed by atoms with E-state index in [1.165, 1.54) is 6.07 Å². The number of benzene rings is 1. The van der Waals surface area contributed by atoms with E-state index >= 15 is 0 Å². The van der Waals surface area contributed by atoms with E-state index in [0.29, 0.717) is 5.52 Å². The Balaban J connectivity index is 2.36. The first kappa shape index (κ1) is 12.4. The van der Waals surface area contributed by atoms with Gasteiger partial charge in [0.25, 0.3) is 0 Å². The van der Waals surface area contributed by atoms with Crippen LogP contribution < -0.4 is 0 Å². The van der Waals surface area contributed by atoms with E-state index in [-0.39, 0.29) is 5.56 Å². The molecule has 5 heteroatoms. The van der Waals surface area contributed by atoms with E-state index < -0.39 is 18.3 Å². The Kier molecular flexibility index (Phi) is 2.98. The number of fused-ring (bicyclic) bond motifs is 1. The van der Waals surface area contributed by atoms with E-state index in [1.54, 1.807) is 24.3 Å². The van der Waals surface area contributed by atoms with Crippen LogP contribution in [0.2, 0.25) is 0 Å². The standard InChI is InChI=1S/C13H11F2NO2/c1-8-2-4-10-6-9(3-5-11(10)16-8)7-13(14,15)12(17)18/h2-6H,7H2,1H3,(H,17,18). The molecule has 3 nitrogen and oxygen atoms in total. The van der Waals surface area contributed by atoms with Crippen molar-refractivity contribution >= 4 is 16.9 Å². The lowest BCUT2D eigenvalue weighted by molar-refractivity contribution is -0.164. The van der Waals surface area contributed by atoms with Crippen LogP contribution in [0.4, 0.5) is 8.78 Å². The minimum absolute atomic E-state index is 0.278. The van der Waals surface area contributed by atoms with E-state index in [1.807, 2.05) is 6.92 Å². The minimum atomic E-state index is -3.74. The highest BCUT2D eigenvalue weighted by molar-refractivity contribution is 5.80. The molecule has 0 spiro atoms. The molecule has 0 unspecified atom stereocenters. The van der Waals surface area contributed by atoms with Crippen LogP contribution in [0.25, 0.3) is 10.9 Å². The molecular formula is C13H11F2NO2. The second-order valence-corrected chi connectivity index (χ2v) is 4.17. The van der Waals surface area contributed by atoms with E-state index in [4.69, 9.17) is 5.11 Å². The average Bonchev–Trinajstić information content (AvgIpc) is 2.28. The molecule has 0 bridgehead atoms. The van der Waals surface area contributed by atoms with E-state index in [2.05, 4.69) is 4.98 Å². The number of hydrogen-bond donors (Lipinski definition) is 1. The van der Waals surface area contributed by atoms with E-state index in [9.17, 15) is 13.6 Å². The number of aromatic nitrogens is 1. The van der Waals surface area contributed by atoms with Gasteiger partial charge in [-0.05, 0) is 30.7 Å². The molecular weight excluding hydrogens is 240 g/mol. The van der Waals surface area contributed by atoms with Gasteiger partial charge in [0, 0.05) is 17.5 Å². The first-order valence-corrected chi connectivity index (χ1v) is 5.36. The van der Waals surface area contributed by atoms with Crippen LogP contribution in [-0.4, -0.2) is 22.0 Å². The molecule has 2 aromatic rings. The molecule has 0 atom stereocenters. The molecule has 94 valence electrons. The number of alkyl halides is 2. The minimum Gasteiger partial charge on any atom is -0.477 e. The fourth-order valence-electron chi connectivity index (χ4n) is 1.72. The van der Waals surface area contributed by atoms with Crippen LogP contribution in [0.1, 0.15) is 11.3 Å². The third-order valence-corrected chi connectivity index (χ3v) is 2.63. The summed E-state index contributed by atoms with van der Waals surface area (Å²) >= 11 is 0. The summed E-state index contributed by atoms with van der Waals surface area (Å²) in [7, 11) is 0. The lowest BCUT2D eigenvalue weighted by atomic mass is 10.0. The number of aliphatic carboxylic acids is 1. The zero-order valence-corrected chi connectivity index (χ0v) is 9.65. The number of rotatable bonds is 3. The number of halogens is 2. The zero-order valence-electron chi connectivity index (χ0n) is 9.65. The molecule has 0 aliphatic rings. The second kappa shape index (κ2) is 4.33. The van der Waals surface area contributed by atoms with Crippen molar-refractivity contribution in [3.63, 3.8) is 0 Å². The average molecular weight is 251 g/mol. The van der Waals surface area contributed by atoms with Gasteiger partial charge in [0.2, 0.25) is 0 Å². The number of hydrogen-bond acceptors (Lipinski definition) is 2. The van der Waals surface area contributed by atoms with Crippen molar-refractivity contribution in [1.82, 2.24) is 4.98 Å². The van der Waals surface area contributed by atoms with Crippen LogP contribution in [0, 0.1) is 6.92 Å². The van der Waals surface area contributed by atoms with Crippen LogP contribution in [0.15, 0.2) is 30.3 Å². The van der Waals surface area contributed by atoms with Crippen molar-refractivity contribution in [3.8, 4) is 0 Å². The SMILES string of the molecule is Cc1ccc2cc(CC(F)(F)C(=O)O)ccc2n1. The third-order valence-electron chi connectivity index (χ3n) is 2.63. The van der Waals surface area contributed by atoms with Crippen molar-refractivity contribution in [2.24, 2.45) is 0 Å². The number of aryl methyl sites for hydroxylation is 1. The van der Waals surface area contributed by atoms with Gasteiger partial charge in [-0.1, -0.05) is 12.1 Å². The maximum atomic E-state index is 13.1. The monoisotopic (exact) mass is 251 g/mol. The molecule has 0 amide bonds. The van der Waals surface area contributed by atoms with Crippen LogP contribution >= 0.6 is 0 Å². The number of carboxylic acid groups (broad SMARTS) is 1. The summed E-state index contributed by atoms with van der Waals surface area (Å²) in [6.07, 6.45) is -0.813. The van der Waals surface area contributed by atoms with Crippen molar-refractivity contribution < 1.29 is 18.7 Å². The van der Waals surface area contributed by atoms with E-state index in [0.717, 1.165) is 11.1 Å². The van der Waals surface area contributed by atoms with Gasteiger partial charge >= 0.3 is 11.9 Å². The smallest absolute Gasteiger partial charge is 0.374 e. The molecule has 0 fully saturated rings. The highest BCUT2D eigenvalue weighted by Crippen LogP contribution is 2.23. The fourth-order valence-corrected chi connectivity index (χ4v) is 1.72. The predicted octanol–water partition coefficient (Wildman–Crippen LogP) is 2.81. The van der Waals surface area contributed by atoms with Gasteiger partial charge in [-0.25, -0.2) is 4.79 Å². The van der Waals surface area contributed by atoms with Gasteiger partial charge in [-0.2, -0.15) is 8.78 Å².